The number of nitrogens with zero attached hydrogens (tertiary/aromatic N) is 6. The van der Waals surface area contributed by atoms with Crippen molar-refractivity contribution in [2.75, 3.05) is 37.7 Å². The molecule has 6 bridgehead atoms. The van der Waals surface area contributed by atoms with E-state index in [2.05, 4.69) is 30.3 Å². The average molecular weight is 879 g/mol. The Labute approximate surface area is 340 Å². The molecule has 4 aromatic rings. The molecule has 1 aromatic carbocycles. The molecule has 9 rings (SSSR count). The molecular formula is C37H39ClF8N8O6. The summed E-state index contributed by atoms with van der Waals surface area (Å²) in [6.45, 7) is 2.67. The number of H-pyrrole nitrogens is 1. The van der Waals surface area contributed by atoms with Crippen molar-refractivity contribution in [2.45, 2.75) is 94.3 Å². The van der Waals surface area contributed by atoms with E-state index in [-0.39, 0.29) is 35.8 Å². The normalized spacial score (nSPS) is 22.3. The Hall–Kier alpha value is -5.12. The summed E-state index contributed by atoms with van der Waals surface area (Å²) in [5, 5.41) is 26.3. The van der Waals surface area contributed by atoms with Crippen LogP contribution in [0, 0.1) is 5.82 Å². The molecule has 0 unspecified atom stereocenters. The van der Waals surface area contributed by atoms with E-state index in [1.807, 2.05) is 0 Å². The third-order valence-electron chi connectivity index (χ3n) is 10.8. The number of hydrogen-bond donors (Lipinski definition) is 4. The SMILES string of the molecule is O=C(O)C(F)(F)F.O=C(O)C(F)(F)F.O=C1CCCCc2c(Cl)cc3[nH]ncc3c2-c2ncc3c(nc(OC[C@@]45CCCN4C[C@H](F)C5)nc3c2F)N2CCCC[C@H](C2)N1. The number of aromatic amines is 1. The Morgan fingerprint density at radius 2 is 1.65 bits per heavy atom. The maximum Gasteiger partial charge on any atom is 0.490 e. The van der Waals surface area contributed by atoms with E-state index in [1.54, 1.807) is 18.5 Å². The number of amides is 1. The molecule has 23 heteroatoms. The van der Waals surface area contributed by atoms with Gasteiger partial charge < -0.3 is 25.2 Å². The van der Waals surface area contributed by atoms with Crippen molar-refractivity contribution < 1.29 is 64.5 Å². The summed E-state index contributed by atoms with van der Waals surface area (Å²) in [5.41, 5.74) is 1.80. The van der Waals surface area contributed by atoms with E-state index in [0.29, 0.717) is 84.4 Å². The van der Waals surface area contributed by atoms with Crippen molar-refractivity contribution in [1.29, 1.82) is 0 Å². The van der Waals surface area contributed by atoms with Crippen molar-refractivity contribution in [3.05, 3.63) is 34.9 Å². The second-order valence-electron chi connectivity index (χ2n) is 14.9. The van der Waals surface area contributed by atoms with Crippen LogP contribution in [0.1, 0.15) is 63.4 Å². The summed E-state index contributed by atoms with van der Waals surface area (Å²) in [6, 6.07) is 1.77. The lowest BCUT2D eigenvalue weighted by molar-refractivity contribution is -0.193. The first-order chi connectivity index (χ1) is 28.3. The molecule has 1 amide bonds. The number of pyridine rings is 1. The number of halogens is 9. The maximum atomic E-state index is 17.0. The van der Waals surface area contributed by atoms with Crippen LogP contribution in [0.4, 0.5) is 40.9 Å². The van der Waals surface area contributed by atoms with E-state index >= 15 is 4.39 Å². The Morgan fingerprint density at radius 1 is 0.950 bits per heavy atom. The number of aromatic nitrogens is 5. The summed E-state index contributed by atoms with van der Waals surface area (Å²) in [5.74, 6) is -5.57. The van der Waals surface area contributed by atoms with Gasteiger partial charge in [0.1, 0.15) is 29.8 Å². The summed E-state index contributed by atoms with van der Waals surface area (Å²) >= 11 is 6.82. The van der Waals surface area contributed by atoms with Crippen molar-refractivity contribution in [3.8, 4) is 17.3 Å². The fraction of sp³-hybridized carbons (Fsp3) is 0.541. The van der Waals surface area contributed by atoms with Gasteiger partial charge in [-0.3, -0.25) is 19.8 Å². The van der Waals surface area contributed by atoms with Gasteiger partial charge in [-0.1, -0.05) is 11.6 Å². The van der Waals surface area contributed by atoms with Crippen molar-refractivity contribution >= 4 is 57.1 Å². The fourth-order valence-corrected chi connectivity index (χ4v) is 8.40. The minimum atomic E-state index is -5.08. The molecule has 5 aliphatic heterocycles. The van der Waals surface area contributed by atoms with Gasteiger partial charge in [-0.15, -0.1) is 0 Å². The Morgan fingerprint density at radius 3 is 2.35 bits per heavy atom. The highest BCUT2D eigenvalue weighted by atomic mass is 35.5. The molecule has 0 radical (unpaired) electrons. The van der Waals surface area contributed by atoms with Crippen LogP contribution in [0.3, 0.4) is 0 Å². The van der Waals surface area contributed by atoms with Gasteiger partial charge in [0, 0.05) is 60.7 Å². The number of nitrogens with one attached hydrogen (secondary N) is 2. The Kier molecular flexibility index (Phi) is 13.2. The number of carbonyl (C=O) groups is 3. The number of carboxylic acid groups (broad SMARTS) is 2. The number of carbonyl (C=O) groups excluding carboxylic acids is 1. The zero-order chi connectivity index (χ0) is 43.6. The number of ether oxygens (including phenoxy) is 1. The lowest BCUT2D eigenvalue weighted by atomic mass is 9.94. The van der Waals surface area contributed by atoms with Crippen LogP contribution in [-0.4, -0.2) is 121 Å². The first-order valence-corrected chi connectivity index (χ1v) is 19.3. The molecule has 14 nitrogen and oxygen atoms in total. The van der Waals surface area contributed by atoms with Crippen molar-refractivity contribution in [2.24, 2.45) is 0 Å². The number of fused-ring (bicyclic) bond motifs is 8. The van der Waals surface area contributed by atoms with Crippen LogP contribution < -0.4 is 15.0 Å². The topological polar surface area (TPSA) is 187 Å². The molecule has 5 aliphatic rings. The van der Waals surface area contributed by atoms with Crippen LogP contribution in [0.25, 0.3) is 33.1 Å². The van der Waals surface area contributed by atoms with Crippen LogP contribution in [0.5, 0.6) is 6.01 Å². The molecule has 60 heavy (non-hydrogen) atoms. The first-order valence-electron chi connectivity index (χ1n) is 18.9. The van der Waals surface area contributed by atoms with Crippen LogP contribution in [0.15, 0.2) is 18.5 Å². The molecule has 3 saturated heterocycles. The molecule has 326 valence electrons. The predicted octanol–water partition coefficient (Wildman–Crippen LogP) is 6.78. The van der Waals surface area contributed by atoms with Crippen LogP contribution in [0.2, 0.25) is 5.02 Å². The van der Waals surface area contributed by atoms with Gasteiger partial charge in [-0.05, 0) is 69.5 Å². The Balaban J connectivity index is 0.000000373. The number of hydrogen-bond acceptors (Lipinski definition) is 10. The van der Waals surface area contributed by atoms with E-state index in [1.165, 1.54) is 0 Å². The van der Waals surface area contributed by atoms with Crippen molar-refractivity contribution in [3.63, 3.8) is 0 Å². The molecule has 8 heterocycles. The van der Waals surface area contributed by atoms with E-state index < -0.39 is 41.8 Å². The smallest absolute Gasteiger partial charge is 0.475 e. The van der Waals surface area contributed by atoms with Crippen molar-refractivity contribution in [1.82, 2.24) is 35.4 Å². The monoisotopic (exact) mass is 878 g/mol. The summed E-state index contributed by atoms with van der Waals surface area (Å²) in [4.78, 5) is 49.3. The lowest BCUT2D eigenvalue weighted by Crippen LogP contribution is -2.44. The minimum absolute atomic E-state index is 0.0200. The zero-order valence-corrected chi connectivity index (χ0v) is 32.4. The highest BCUT2D eigenvalue weighted by Crippen LogP contribution is 2.42. The summed E-state index contributed by atoms with van der Waals surface area (Å²) in [6.07, 6.45) is -0.574. The van der Waals surface area contributed by atoms with Crippen LogP contribution in [-0.2, 0) is 20.8 Å². The molecule has 4 N–H and O–H groups in total. The van der Waals surface area contributed by atoms with E-state index in [4.69, 9.17) is 46.1 Å². The quantitative estimate of drug-likeness (QED) is 0.158. The lowest BCUT2D eigenvalue weighted by Gasteiger charge is -2.31. The number of rotatable bonds is 3. The minimum Gasteiger partial charge on any atom is -0.475 e. The summed E-state index contributed by atoms with van der Waals surface area (Å²) < 4.78 is 101. The molecule has 0 spiro atoms. The largest absolute Gasteiger partial charge is 0.490 e. The second-order valence-corrected chi connectivity index (χ2v) is 15.3. The van der Waals surface area contributed by atoms with Gasteiger partial charge in [0.2, 0.25) is 5.91 Å². The molecule has 3 fully saturated rings. The molecule has 3 aromatic heterocycles. The molecule has 0 saturated carbocycles. The number of alkyl halides is 7. The van der Waals surface area contributed by atoms with Gasteiger partial charge in [-0.25, -0.2) is 18.4 Å². The third-order valence-corrected chi connectivity index (χ3v) is 11.1. The average Bonchev–Trinajstić information content (AvgIpc) is 3.81. The highest BCUT2D eigenvalue weighted by Gasteiger charge is 2.49. The summed E-state index contributed by atoms with van der Waals surface area (Å²) in [7, 11) is 0. The second kappa shape index (κ2) is 17.8. The van der Waals surface area contributed by atoms with E-state index in [9.17, 15) is 35.5 Å². The standard InChI is InChI=1S/C33H37ClF2N8O2.2C2HF3O2/c34-24-12-25-22(15-38-42-25)27-21(24)7-1-2-8-26(45)39-20-6-3-4-10-43(17-20)31-23-14-37-30(27)28(36)29(23)40-32(41-31)46-18-33-9-5-11-44(33)16-19(35)13-33;2*3-2(4,5)1(6)7/h12,14-15,19-20H,1-11,13,16-18H2,(H,38,42)(H,39,45);2*(H,6,7)/t19-,20-,33+;;/m1../s1. The molecular weight excluding hydrogens is 840 g/mol. The number of benzene rings is 1. The fourth-order valence-electron chi connectivity index (χ4n) is 8.10. The van der Waals surface area contributed by atoms with Gasteiger partial charge in [-0.2, -0.15) is 41.4 Å². The Bertz CT molecular complexity index is 2220. The van der Waals surface area contributed by atoms with Crippen LogP contribution >= 0.6 is 11.6 Å². The number of carboxylic acids is 2. The molecule has 0 aliphatic carbocycles. The van der Waals surface area contributed by atoms with Gasteiger partial charge >= 0.3 is 30.3 Å². The highest BCUT2D eigenvalue weighted by molar-refractivity contribution is 6.33. The predicted molar refractivity (Wildman–Crippen MR) is 199 cm³/mol. The first kappa shape index (κ1) is 44.4. The van der Waals surface area contributed by atoms with Gasteiger partial charge in [0.25, 0.3) is 0 Å². The number of anilines is 1. The third kappa shape index (κ3) is 9.90. The number of aliphatic carboxylic acids is 2. The molecule has 3 atom stereocenters. The van der Waals surface area contributed by atoms with Gasteiger partial charge in [0.05, 0.1) is 22.6 Å². The van der Waals surface area contributed by atoms with Gasteiger partial charge in [0.15, 0.2) is 5.82 Å². The van der Waals surface area contributed by atoms with E-state index in [0.717, 1.165) is 44.2 Å². The zero-order valence-electron chi connectivity index (χ0n) is 31.6. The maximum absolute atomic E-state index is 17.0.